The molecule has 0 N–H and O–H groups in total. The number of rotatable bonds is 9. The molecule has 0 bridgehead atoms. The number of hydrogen-bond donors (Lipinski definition) is 0. The average Bonchev–Trinajstić information content (AvgIpc) is 3.37. The molecule has 3 rings (SSSR count). The van der Waals surface area contributed by atoms with Crippen LogP contribution in [0.15, 0.2) is 14.3 Å². The van der Waals surface area contributed by atoms with E-state index < -0.39 is 8.37 Å². The van der Waals surface area contributed by atoms with Gasteiger partial charge in [0.25, 0.3) is 8.37 Å². The molecule has 0 saturated carbocycles. The molecule has 0 saturated heterocycles. The van der Waals surface area contributed by atoms with Crippen LogP contribution in [-0.2, 0) is 0 Å². The fraction of sp³-hybridized carbons (Fsp3) is 0.727. The lowest BCUT2D eigenvalue weighted by Crippen LogP contribution is -2.31. The van der Waals surface area contributed by atoms with Crippen LogP contribution in [0.5, 0.6) is 0 Å². The van der Waals surface area contributed by atoms with Gasteiger partial charge in [0.1, 0.15) is 0 Å². The zero-order chi connectivity index (χ0) is 32.8. The standard InChI is InChI=1S/C33H60N9P/c1-19(2)37-25(13)26(14)38(20(3)4)31(37)34-43(35-32-39(21(5)6)27(15)28(16)40(32)22(7)8)36-33-41(23(9)10)29(17)30(18)42(33)24(11)12/h19-24H,1-18H3. The summed E-state index contributed by atoms with van der Waals surface area (Å²) >= 11 is 0. The predicted octanol–water partition coefficient (Wildman–Crippen LogP) is 8.16. The summed E-state index contributed by atoms with van der Waals surface area (Å²) in [6.07, 6.45) is 0. The molecule has 0 radical (unpaired) electrons. The highest BCUT2D eigenvalue weighted by molar-refractivity contribution is 7.52. The molecule has 0 aliphatic rings. The van der Waals surface area contributed by atoms with Gasteiger partial charge in [-0.05, 0) is 125 Å². The van der Waals surface area contributed by atoms with Crippen LogP contribution < -0.4 is 16.9 Å². The van der Waals surface area contributed by atoms with Gasteiger partial charge in [0.05, 0.1) is 0 Å². The summed E-state index contributed by atoms with van der Waals surface area (Å²) in [5.41, 5.74) is 10.3. The average molecular weight is 614 g/mol. The van der Waals surface area contributed by atoms with Crippen molar-refractivity contribution in [3.8, 4) is 0 Å². The molecule has 9 nitrogen and oxygen atoms in total. The number of nitrogens with zero attached hydrogens (tertiary/aromatic N) is 9. The van der Waals surface area contributed by atoms with Gasteiger partial charge < -0.3 is 27.4 Å². The second-order valence-electron chi connectivity index (χ2n) is 13.8. The van der Waals surface area contributed by atoms with E-state index in [9.17, 15) is 0 Å². The molecule has 3 aromatic rings. The van der Waals surface area contributed by atoms with Gasteiger partial charge in [-0.1, -0.05) is 0 Å². The summed E-state index contributed by atoms with van der Waals surface area (Å²) in [4.78, 5) is 0. The highest BCUT2D eigenvalue weighted by Crippen LogP contribution is 2.40. The van der Waals surface area contributed by atoms with Crippen LogP contribution in [0.4, 0.5) is 0 Å². The summed E-state index contributed by atoms with van der Waals surface area (Å²) in [6, 6.07) is 1.52. The van der Waals surface area contributed by atoms with E-state index in [-0.39, 0.29) is 36.3 Å². The quantitative estimate of drug-likeness (QED) is 0.219. The van der Waals surface area contributed by atoms with E-state index in [2.05, 4.69) is 152 Å². The lowest BCUT2D eigenvalue weighted by Gasteiger charge is -2.16. The van der Waals surface area contributed by atoms with Crippen molar-refractivity contribution in [3.63, 3.8) is 0 Å². The highest BCUT2D eigenvalue weighted by Gasteiger charge is 2.23. The van der Waals surface area contributed by atoms with Crippen LogP contribution in [0.3, 0.4) is 0 Å². The van der Waals surface area contributed by atoms with Crippen LogP contribution in [0, 0.1) is 41.5 Å². The van der Waals surface area contributed by atoms with Gasteiger partial charge in [0.15, 0.2) is 0 Å². The van der Waals surface area contributed by atoms with Crippen molar-refractivity contribution in [1.82, 2.24) is 27.4 Å². The fourth-order valence-corrected chi connectivity index (χ4v) is 7.79. The van der Waals surface area contributed by atoms with Crippen LogP contribution in [0.1, 0.15) is 153 Å². The minimum atomic E-state index is -1.58. The van der Waals surface area contributed by atoms with E-state index in [1.54, 1.807) is 0 Å². The summed E-state index contributed by atoms with van der Waals surface area (Å²) < 4.78 is 30.8. The zero-order valence-corrected chi connectivity index (χ0v) is 31.3. The monoisotopic (exact) mass is 613 g/mol. The Morgan fingerprint density at radius 2 is 0.465 bits per heavy atom. The van der Waals surface area contributed by atoms with Gasteiger partial charge in [-0.15, -0.1) is 0 Å². The summed E-state index contributed by atoms with van der Waals surface area (Å²) in [5, 5.41) is 0. The maximum absolute atomic E-state index is 5.56. The zero-order valence-electron chi connectivity index (χ0n) is 30.4. The largest absolute Gasteiger partial charge is 0.312 e. The van der Waals surface area contributed by atoms with E-state index >= 15 is 0 Å². The van der Waals surface area contributed by atoms with Gasteiger partial charge in [-0.3, -0.25) is 0 Å². The Hall–Kier alpha value is -2.54. The number of aromatic nitrogens is 6. The molecule has 10 heteroatoms. The normalized spacial score (nSPS) is 12.5. The molecule has 0 aromatic carbocycles. The smallest absolute Gasteiger partial charge is 0.278 e. The second-order valence-corrected chi connectivity index (χ2v) is 14.9. The van der Waals surface area contributed by atoms with Crippen molar-refractivity contribution in [3.05, 3.63) is 51.0 Å². The van der Waals surface area contributed by atoms with Gasteiger partial charge >= 0.3 is 0 Å². The predicted molar refractivity (Wildman–Crippen MR) is 182 cm³/mol. The molecule has 0 aliphatic carbocycles. The van der Waals surface area contributed by atoms with Crippen LogP contribution in [-0.4, -0.2) is 27.4 Å². The molecule has 242 valence electrons. The molecule has 0 aliphatic heterocycles. The first-order valence-electron chi connectivity index (χ1n) is 16.2. The van der Waals surface area contributed by atoms with E-state index in [0.717, 1.165) is 16.9 Å². The van der Waals surface area contributed by atoms with E-state index in [4.69, 9.17) is 14.3 Å². The Kier molecular flexibility index (Phi) is 10.7. The van der Waals surface area contributed by atoms with Gasteiger partial charge in [0, 0.05) is 70.4 Å². The van der Waals surface area contributed by atoms with Crippen molar-refractivity contribution in [1.29, 1.82) is 0 Å². The van der Waals surface area contributed by atoms with E-state index in [1.807, 2.05) is 0 Å². The molecule has 0 fully saturated rings. The topological polar surface area (TPSA) is 66.7 Å². The van der Waals surface area contributed by atoms with Crippen LogP contribution in [0.25, 0.3) is 0 Å². The third-order valence-corrected chi connectivity index (χ3v) is 9.74. The van der Waals surface area contributed by atoms with Crippen molar-refractivity contribution in [2.45, 2.75) is 161 Å². The van der Waals surface area contributed by atoms with Crippen molar-refractivity contribution in [2.75, 3.05) is 0 Å². The molecule has 43 heavy (non-hydrogen) atoms. The molecular formula is C33H60N9P. The molecule has 0 spiro atoms. The van der Waals surface area contributed by atoms with Crippen molar-refractivity contribution < 1.29 is 0 Å². The lowest BCUT2D eigenvalue weighted by atomic mass is 10.3. The maximum Gasteiger partial charge on any atom is 0.278 e. The van der Waals surface area contributed by atoms with Crippen molar-refractivity contribution in [2.24, 2.45) is 14.3 Å². The highest BCUT2D eigenvalue weighted by atomic mass is 31.1. The van der Waals surface area contributed by atoms with Gasteiger partial charge in [-0.25, -0.2) is 0 Å². The third kappa shape index (κ3) is 6.34. The lowest BCUT2D eigenvalue weighted by molar-refractivity contribution is 0.501. The Morgan fingerprint density at radius 3 is 0.581 bits per heavy atom. The van der Waals surface area contributed by atoms with Crippen LogP contribution in [0.2, 0.25) is 0 Å². The molecule has 3 aromatic heterocycles. The fourth-order valence-electron chi connectivity index (χ4n) is 6.60. The van der Waals surface area contributed by atoms with E-state index in [0.29, 0.717) is 0 Å². The Balaban J connectivity index is 2.70. The Morgan fingerprint density at radius 1 is 0.326 bits per heavy atom. The van der Waals surface area contributed by atoms with Crippen LogP contribution >= 0.6 is 8.37 Å². The van der Waals surface area contributed by atoms with E-state index in [1.165, 1.54) is 34.2 Å². The minimum Gasteiger partial charge on any atom is -0.312 e. The Labute approximate surface area is 261 Å². The molecule has 0 amide bonds. The SMILES string of the molecule is Cc1c(C)n(C(C)C)c(=NP(N=c2n(C(C)C)c(C)c(C)n2C(C)C)N=c2n(C(C)C)c(C)c(C)n2C(C)C)n1C(C)C. The molecule has 3 heterocycles. The molecular weight excluding hydrogens is 553 g/mol. The third-order valence-electron chi connectivity index (χ3n) is 8.67. The second kappa shape index (κ2) is 13.2. The minimum absolute atomic E-state index is 0.253. The Bertz CT molecular complexity index is 1350. The summed E-state index contributed by atoms with van der Waals surface area (Å²) in [7, 11) is -1.58. The maximum atomic E-state index is 5.56. The molecule has 0 unspecified atom stereocenters. The van der Waals surface area contributed by atoms with Crippen molar-refractivity contribution >= 4 is 8.37 Å². The summed E-state index contributed by atoms with van der Waals surface area (Å²) in [5.74, 6) is 0. The number of imidazole rings is 3. The van der Waals surface area contributed by atoms with Gasteiger partial charge in [0.2, 0.25) is 16.9 Å². The first kappa shape index (κ1) is 34.9. The van der Waals surface area contributed by atoms with Gasteiger partial charge in [-0.2, -0.15) is 14.3 Å². The first-order chi connectivity index (χ1) is 19.8. The molecule has 0 atom stereocenters. The summed E-state index contributed by atoms with van der Waals surface area (Å²) in [6.45, 7) is 40.1. The number of hydrogen-bond acceptors (Lipinski definition) is 3. The first-order valence-corrected chi connectivity index (χ1v) is 17.4.